The Bertz CT molecular complexity index is 1650. The van der Waals surface area contributed by atoms with Crippen LogP contribution < -0.4 is 15.4 Å². The van der Waals surface area contributed by atoms with Gasteiger partial charge in [-0.05, 0) is 79.0 Å². The summed E-state index contributed by atoms with van der Waals surface area (Å²) in [5.74, 6) is 3.03. The molecule has 0 saturated carbocycles. The standard InChI is InChI=1S/C31H30N6O/c1-3-25(32-11-1)30-34-15-27(36-30)19-7-9-23-18(13-19)5-10-24-22-8-6-20(14-21(22)17-38-29(23)24)28-16-35-31(37-28)26-4-2-12-33-26/h5-10,13-16,25-26,32-33H,1-4,11-12,17H2,(H,34,36)(H,35,37)/t25-,26-/m0/s1. The molecule has 2 fully saturated rings. The van der Waals surface area contributed by atoms with Crippen LogP contribution in [0.3, 0.4) is 0 Å². The molecule has 5 heterocycles. The van der Waals surface area contributed by atoms with Gasteiger partial charge in [-0.25, -0.2) is 9.97 Å². The number of nitrogens with zero attached hydrogens (tertiary/aromatic N) is 2. The molecule has 0 bridgehead atoms. The van der Waals surface area contributed by atoms with E-state index in [1.165, 1.54) is 29.4 Å². The molecule has 4 N–H and O–H groups in total. The maximum absolute atomic E-state index is 6.39. The Hall–Kier alpha value is -3.94. The van der Waals surface area contributed by atoms with Gasteiger partial charge in [0.15, 0.2) is 0 Å². The van der Waals surface area contributed by atoms with Crippen LogP contribution in [0.1, 0.15) is 55.0 Å². The smallest absolute Gasteiger partial charge is 0.135 e. The van der Waals surface area contributed by atoms with Crippen molar-refractivity contribution in [1.29, 1.82) is 0 Å². The van der Waals surface area contributed by atoms with Gasteiger partial charge in [0.2, 0.25) is 0 Å². The predicted molar refractivity (Wildman–Crippen MR) is 149 cm³/mol. The average molecular weight is 503 g/mol. The van der Waals surface area contributed by atoms with Crippen molar-refractivity contribution < 1.29 is 4.74 Å². The van der Waals surface area contributed by atoms with E-state index in [1.807, 2.05) is 12.4 Å². The summed E-state index contributed by atoms with van der Waals surface area (Å²) in [6, 6.07) is 18.3. The summed E-state index contributed by atoms with van der Waals surface area (Å²) >= 11 is 0. The van der Waals surface area contributed by atoms with Gasteiger partial charge >= 0.3 is 0 Å². The molecule has 0 amide bonds. The molecule has 8 rings (SSSR count). The zero-order valence-corrected chi connectivity index (χ0v) is 21.2. The topological polar surface area (TPSA) is 90.7 Å². The molecule has 3 aliphatic rings. The second kappa shape index (κ2) is 8.82. The van der Waals surface area contributed by atoms with Crippen molar-refractivity contribution in [2.75, 3.05) is 13.1 Å². The van der Waals surface area contributed by atoms with E-state index in [9.17, 15) is 0 Å². The summed E-state index contributed by atoms with van der Waals surface area (Å²) in [5, 5.41) is 9.34. The normalized spacial score (nSPS) is 20.4. The number of imidazole rings is 2. The molecule has 190 valence electrons. The van der Waals surface area contributed by atoms with E-state index < -0.39 is 0 Å². The molecule has 3 aliphatic heterocycles. The van der Waals surface area contributed by atoms with Gasteiger partial charge in [-0.1, -0.05) is 30.3 Å². The highest BCUT2D eigenvalue weighted by Gasteiger charge is 2.23. The second-order valence-electron chi connectivity index (χ2n) is 10.7. The molecule has 38 heavy (non-hydrogen) atoms. The molecule has 2 saturated heterocycles. The molecule has 5 aromatic rings. The molecule has 0 spiro atoms. The Balaban J connectivity index is 1.10. The van der Waals surface area contributed by atoms with Crippen LogP contribution in [-0.4, -0.2) is 33.0 Å². The molecule has 3 aromatic carbocycles. The number of nitrogens with one attached hydrogen (secondary N) is 4. The Kier molecular flexibility index (Phi) is 5.13. The van der Waals surface area contributed by atoms with Crippen LogP contribution in [0.2, 0.25) is 0 Å². The highest BCUT2D eigenvalue weighted by atomic mass is 16.5. The lowest BCUT2D eigenvalue weighted by Gasteiger charge is -2.23. The third-order valence-corrected chi connectivity index (χ3v) is 8.33. The Morgan fingerprint density at radius 2 is 1.37 bits per heavy atom. The van der Waals surface area contributed by atoms with Gasteiger partial charge in [0.05, 0.1) is 35.9 Å². The molecular weight excluding hydrogens is 472 g/mol. The van der Waals surface area contributed by atoms with E-state index >= 15 is 0 Å². The lowest BCUT2D eigenvalue weighted by molar-refractivity contribution is 0.306. The summed E-state index contributed by atoms with van der Waals surface area (Å²) in [4.78, 5) is 16.4. The van der Waals surface area contributed by atoms with E-state index in [4.69, 9.17) is 4.74 Å². The molecule has 0 aliphatic carbocycles. The summed E-state index contributed by atoms with van der Waals surface area (Å²) in [7, 11) is 0. The van der Waals surface area contributed by atoms with Crippen molar-refractivity contribution in [3.8, 4) is 39.4 Å². The van der Waals surface area contributed by atoms with Gasteiger partial charge in [-0.3, -0.25) is 0 Å². The molecule has 0 radical (unpaired) electrons. The zero-order valence-electron chi connectivity index (χ0n) is 21.2. The van der Waals surface area contributed by atoms with Crippen LogP contribution in [0.15, 0.2) is 60.9 Å². The first-order chi connectivity index (χ1) is 18.8. The Morgan fingerprint density at radius 1 is 0.711 bits per heavy atom. The number of fused-ring (bicyclic) bond motifs is 5. The van der Waals surface area contributed by atoms with Crippen LogP contribution in [0.4, 0.5) is 0 Å². The third kappa shape index (κ3) is 3.65. The fourth-order valence-corrected chi connectivity index (χ4v) is 6.29. The number of rotatable bonds is 4. The van der Waals surface area contributed by atoms with Crippen LogP contribution in [0, 0.1) is 0 Å². The number of aromatic nitrogens is 4. The van der Waals surface area contributed by atoms with Crippen LogP contribution in [0.25, 0.3) is 44.4 Å². The first kappa shape index (κ1) is 22.1. The summed E-state index contributed by atoms with van der Waals surface area (Å²) in [5.41, 5.74) is 7.98. The minimum absolute atomic E-state index is 0.338. The van der Waals surface area contributed by atoms with Crippen LogP contribution >= 0.6 is 0 Å². The van der Waals surface area contributed by atoms with Gasteiger partial charge in [-0.2, -0.15) is 0 Å². The summed E-state index contributed by atoms with van der Waals surface area (Å²) < 4.78 is 6.39. The van der Waals surface area contributed by atoms with E-state index in [2.05, 4.69) is 79.1 Å². The molecule has 0 unspecified atom stereocenters. The zero-order chi connectivity index (χ0) is 25.1. The van der Waals surface area contributed by atoms with Crippen molar-refractivity contribution in [3.05, 3.63) is 78.1 Å². The highest BCUT2D eigenvalue weighted by molar-refractivity contribution is 5.98. The number of hydrogen-bond donors (Lipinski definition) is 4. The molecule has 2 atom stereocenters. The first-order valence-electron chi connectivity index (χ1n) is 13.7. The third-order valence-electron chi connectivity index (χ3n) is 8.33. The fraction of sp³-hybridized carbons (Fsp3) is 0.290. The number of aromatic amines is 2. The van der Waals surface area contributed by atoms with Crippen LogP contribution in [0.5, 0.6) is 5.75 Å². The van der Waals surface area contributed by atoms with Gasteiger partial charge < -0.3 is 25.3 Å². The molecule has 7 heteroatoms. The lowest BCUT2D eigenvalue weighted by Crippen LogP contribution is -2.14. The predicted octanol–water partition coefficient (Wildman–Crippen LogP) is 6.03. The van der Waals surface area contributed by atoms with Crippen molar-refractivity contribution in [2.45, 2.75) is 44.4 Å². The monoisotopic (exact) mass is 502 g/mol. The van der Waals surface area contributed by atoms with E-state index in [-0.39, 0.29) is 0 Å². The minimum atomic E-state index is 0.338. The second-order valence-corrected chi connectivity index (χ2v) is 10.7. The maximum Gasteiger partial charge on any atom is 0.135 e. The van der Waals surface area contributed by atoms with Crippen molar-refractivity contribution >= 4 is 10.8 Å². The van der Waals surface area contributed by atoms with Gasteiger partial charge in [0.25, 0.3) is 0 Å². The van der Waals surface area contributed by atoms with Crippen molar-refractivity contribution in [1.82, 2.24) is 30.6 Å². The number of ether oxygens (including phenoxy) is 1. The largest absolute Gasteiger partial charge is 0.488 e. The summed E-state index contributed by atoms with van der Waals surface area (Å²) in [6.07, 6.45) is 8.58. The molecule has 2 aromatic heterocycles. The van der Waals surface area contributed by atoms with Gasteiger partial charge in [0, 0.05) is 16.5 Å². The summed E-state index contributed by atoms with van der Waals surface area (Å²) in [6.45, 7) is 2.68. The van der Waals surface area contributed by atoms with Crippen molar-refractivity contribution in [2.24, 2.45) is 0 Å². The molecule has 7 nitrogen and oxygen atoms in total. The van der Waals surface area contributed by atoms with Gasteiger partial charge in [0.1, 0.15) is 24.0 Å². The van der Waals surface area contributed by atoms with E-state index in [1.54, 1.807) is 0 Å². The molecular formula is C31H30N6O. The lowest BCUT2D eigenvalue weighted by atomic mass is 9.92. The fourth-order valence-electron chi connectivity index (χ4n) is 6.29. The minimum Gasteiger partial charge on any atom is -0.488 e. The Labute approximate surface area is 221 Å². The number of H-pyrrole nitrogens is 2. The average Bonchev–Trinajstić information content (AvgIpc) is 3.78. The first-order valence-corrected chi connectivity index (χ1v) is 13.7. The quantitative estimate of drug-likeness (QED) is 0.241. The van der Waals surface area contributed by atoms with E-state index in [0.717, 1.165) is 76.8 Å². The highest BCUT2D eigenvalue weighted by Crippen LogP contribution is 2.44. The van der Waals surface area contributed by atoms with E-state index in [0.29, 0.717) is 18.7 Å². The van der Waals surface area contributed by atoms with Gasteiger partial charge in [-0.15, -0.1) is 0 Å². The number of benzene rings is 3. The van der Waals surface area contributed by atoms with Crippen LogP contribution in [-0.2, 0) is 6.61 Å². The Morgan fingerprint density at radius 3 is 2.05 bits per heavy atom. The SMILES string of the molecule is c1cc2c(cc1-c1cnc([C@@H]3CCCN3)[nH]1)COc1c-2ccc2cc(-c3cnc([C@@H]4CCCN4)[nH]3)ccc12. The number of hydrogen-bond acceptors (Lipinski definition) is 5. The van der Waals surface area contributed by atoms with Crippen molar-refractivity contribution in [3.63, 3.8) is 0 Å². The maximum atomic E-state index is 6.39.